The Morgan fingerprint density at radius 3 is 2.66 bits per heavy atom. The van der Waals surface area contributed by atoms with Crippen molar-refractivity contribution in [3.8, 4) is 16.9 Å². The molecule has 5 rings (SSSR count). The van der Waals surface area contributed by atoms with Gasteiger partial charge in [0.25, 0.3) is 0 Å². The molecule has 10 heteroatoms. The standard InChI is InChI=1S/C28H26F3N6O/c1-4-35(3)26(32-2)25(18-7-5-8-18)20-13-19(23-10-11-33-17-34-23)14-21(15-20)37-16-24-22(28(29,30)31)9-6-12-36(24)27(37)38/h4,6,9-18,25H,1-2,5,7-8H2,3H3/q+1/t25-/m0/s1. The van der Waals surface area contributed by atoms with Crippen LogP contribution in [-0.4, -0.2) is 43.1 Å². The zero-order valence-electron chi connectivity index (χ0n) is 20.8. The van der Waals surface area contributed by atoms with Crippen LogP contribution >= 0.6 is 0 Å². The van der Waals surface area contributed by atoms with Crippen molar-refractivity contribution in [1.29, 1.82) is 0 Å². The maximum Gasteiger partial charge on any atom is 0.418 e. The molecule has 1 aromatic carbocycles. The van der Waals surface area contributed by atoms with E-state index in [0.717, 1.165) is 35.3 Å². The summed E-state index contributed by atoms with van der Waals surface area (Å²) in [5.74, 6) is 0.834. The summed E-state index contributed by atoms with van der Waals surface area (Å²) in [4.78, 5) is 26.1. The van der Waals surface area contributed by atoms with Gasteiger partial charge in [0, 0.05) is 24.2 Å². The smallest absolute Gasteiger partial charge is 0.267 e. The lowest BCUT2D eigenvalue weighted by atomic mass is 9.72. The van der Waals surface area contributed by atoms with Crippen LogP contribution in [0.15, 0.2) is 83.9 Å². The number of aromatic nitrogens is 4. The lowest BCUT2D eigenvalue weighted by Crippen LogP contribution is -2.30. The summed E-state index contributed by atoms with van der Waals surface area (Å²) in [5, 5.41) is 0. The Balaban J connectivity index is 1.78. The minimum Gasteiger partial charge on any atom is -0.267 e. The van der Waals surface area contributed by atoms with Crippen LogP contribution in [0, 0.1) is 5.92 Å². The summed E-state index contributed by atoms with van der Waals surface area (Å²) < 4.78 is 45.2. The zero-order chi connectivity index (χ0) is 27.0. The summed E-state index contributed by atoms with van der Waals surface area (Å²) in [6, 6.07) is 9.50. The number of hydrogen-bond acceptors (Lipinski definition) is 3. The van der Waals surface area contributed by atoms with Crippen LogP contribution in [0.25, 0.3) is 22.5 Å². The average molecular weight is 520 g/mol. The lowest BCUT2D eigenvalue weighted by Gasteiger charge is -2.32. The van der Waals surface area contributed by atoms with Crippen molar-refractivity contribution < 1.29 is 17.7 Å². The number of amidine groups is 1. The van der Waals surface area contributed by atoms with E-state index in [9.17, 15) is 18.0 Å². The van der Waals surface area contributed by atoms with Crippen LogP contribution in [0.1, 0.15) is 36.3 Å². The fourth-order valence-corrected chi connectivity index (χ4v) is 5.03. The number of imidazole rings is 1. The van der Waals surface area contributed by atoms with Gasteiger partial charge in [-0.1, -0.05) is 18.0 Å². The van der Waals surface area contributed by atoms with Gasteiger partial charge in [-0.05, 0) is 60.7 Å². The predicted octanol–water partition coefficient (Wildman–Crippen LogP) is 5.33. The molecule has 194 valence electrons. The van der Waals surface area contributed by atoms with Gasteiger partial charge in [0.1, 0.15) is 13.0 Å². The molecular formula is C28H26F3N6O+. The van der Waals surface area contributed by atoms with Crippen LogP contribution in [0.3, 0.4) is 0 Å². The molecule has 0 unspecified atom stereocenters. The second-order valence-corrected chi connectivity index (χ2v) is 9.34. The molecule has 0 bridgehead atoms. The van der Waals surface area contributed by atoms with Crippen LogP contribution in [0.2, 0.25) is 0 Å². The maximum absolute atomic E-state index is 13.7. The van der Waals surface area contributed by atoms with E-state index in [1.165, 1.54) is 29.4 Å². The van der Waals surface area contributed by atoms with E-state index in [0.29, 0.717) is 22.8 Å². The van der Waals surface area contributed by atoms with E-state index in [4.69, 9.17) is 0 Å². The molecule has 1 aliphatic carbocycles. The van der Waals surface area contributed by atoms with E-state index < -0.39 is 17.4 Å². The van der Waals surface area contributed by atoms with Gasteiger partial charge in [-0.15, -0.1) is 0 Å². The fraction of sp³-hybridized carbons (Fsp3) is 0.250. The van der Waals surface area contributed by atoms with Gasteiger partial charge in [-0.25, -0.2) is 19.3 Å². The fourth-order valence-electron chi connectivity index (χ4n) is 5.03. The van der Waals surface area contributed by atoms with Crippen molar-refractivity contribution in [3.63, 3.8) is 0 Å². The molecule has 0 radical (unpaired) electrons. The van der Waals surface area contributed by atoms with Gasteiger partial charge in [0.15, 0.2) is 0 Å². The van der Waals surface area contributed by atoms with Crippen molar-refractivity contribution in [2.24, 2.45) is 10.9 Å². The number of nitrogens with zero attached hydrogens (tertiary/aromatic N) is 6. The third kappa shape index (κ3) is 4.46. The van der Waals surface area contributed by atoms with Gasteiger partial charge >= 0.3 is 17.7 Å². The van der Waals surface area contributed by atoms with Gasteiger partial charge in [-0.2, -0.15) is 13.2 Å². The van der Waals surface area contributed by atoms with Crippen LogP contribution in [0.4, 0.5) is 13.2 Å². The minimum atomic E-state index is -4.61. The molecule has 3 aromatic heterocycles. The molecule has 7 nitrogen and oxygen atoms in total. The number of rotatable bonds is 6. The number of aliphatic imine (C=N–C) groups is 1. The number of hydrogen-bond donors (Lipinski definition) is 0. The SMILES string of the molecule is C=C[N+](C)=C(N=C)[C@H](c1cc(-c2ccncn2)cc(-n2cc3c(C(F)(F)F)cccn3c2=O)c1)C1CCC1. The number of fused-ring (bicyclic) bond motifs is 1. The third-order valence-corrected chi connectivity index (χ3v) is 7.15. The highest BCUT2D eigenvalue weighted by Gasteiger charge is 2.38. The highest BCUT2D eigenvalue weighted by Crippen LogP contribution is 2.42. The molecular weight excluding hydrogens is 493 g/mol. The third-order valence-electron chi connectivity index (χ3n) is 7.15. The van der Waals surface area contributed by atoms with E-state index in [1.807, 2.05) is 23.8 Å². The maximum atomic E-state index is 13.7. The van der Waals surface area contributed by atoms with Crippen molar-refractivity contribution in [3.05, 3.63) is 95.7 Å². The van der Waals surface area contributed by atoms with Crippen molar-refractivity contribution in [1.82, 2.24) is 18.9 Å². The first kappa shape index (κ1) is 25.3. The molecule has 0 amide bonds. The van der Waals surface area contributed by atoms with Gasteiger partial charge in [0.05, 0.1) is 41.6 Å². The predicted molar refractivity (Wildman–Crippen MR) is 140 cm³/mol. The van der Waals surface area contributed by atoms with Crippen molar-refractivity contribution in [2.75, 3.05) is 7.05 Å². The molecule has 0 aliphatic heterocycles. The van der Waals surface area contributed by atoms with E-state index >= 15 is 0 Å². The Bertz CT molecular complexity index is 1610. The molecule has 0 N–H and O–H groups in total. The van der Waals surface area contributed by atoms with Crippen LogP contribution in [0.5, 0.6) is 0 Å². The van der Waals surface area contributed by atoms with Crippen LogP contribution < -0.4 is 5.69 Å². The molecule has 0 saturated heterocycles. The second-order valence-electron chi connectivity index (χ2n) is 9.34. The highest BCUT2D eigenvalue weighted by atomic mass is 19.4. The first-order valence-corrected chi connectivity index (χ1v) is 12.1. The van der Waals surface area contributed by atoms with Gasteiger partial charge in [-0.3, -0.25) is 8.97 Å². The largest absolute Gasteiger partial charge is 0.418 e. The number of halogens is 3. The van der Waals surface area contributed by atoms with E-state index in [-0.39, 0.29) is 17.4 Å². The molecule has 1 saturated carbocycles. The summed E-state index contributed by atoms with van der Waals surface area (Å²) >= 11 is 0. The molecule has 3 heterocycles. The molecule has 0 spiro atoms. The normalized spacial score (nSPS) is 15.6. The molecule has 38 heavy (non-hydrogen) atoms. The minimum absolute atomic E-state index is 0.164. The van der Waals surface area contributed by atoms with Crippen molar-refractivity contribution in [2.45, 2.75) is 31.4 Å². The first-order chi connectivity index (χ1) is 18.2. The summed E-state index contributed by atoms with van der Waals surface area (Å²) in [5.41, 5.74) is 0.893. The first-order valence-electron chi connectivity index (χ1n) is 12.1. The van der Waals surface area contributed by atoms with Gasteiger partial charge < -0.3 is 0 Å². The molecule has 1 aliphatic rings. The number of alkyl halides is 3. The molecule has 1 atom stereocenters. The Morgan fingerprint density at radius 2 is 2.05 bits per heavy atom. The van der Waals surface area contributed by atoms with Gasteiger partial charge in [0.2, 0.25) is 0 Å². The average Bonchev–Trinajstić information content (AvgIpc) is 3.23. The molecule has 1 fully saturated rings. The Morgan fingerprint density at radius 1 is 1.26 bits per heavy atom. The summed E-state index contributed by atoms with van der Waals surface area (Å²) in [6.07, 6.45) is 5.74. The van der Waals surface area contributed by atoms with Crippen LogP contribution in [-0.2, 0) is 6.18 Å². The lowest BCUT2D eigenvalue weighted by molar-refractivity contribution is -0.425. The van der Waals surface area contributed by atoms with Crippen molar-refractivity contribution >= 4 is 18.1 Å². The van der Waals surface area contributed by atoms with E-state index in [1.54, 1.807) is 24.5 Å². The highest BCUT2D eigenvalue weighted by molar-refractivity contribution is 5.89. The second kappa shape index (κ2) is 9.85. The monoisotopic (exact) mass is 519 g/mol. The quantitative estimate of drug-likeness (QED) is 0.196. The summed E-state index contributed by atoms with van der Waals surface area (Å²) in [7, 11) is 1.85. The number of pyridine rings is 1. The Hall–Kier alpha value is -4.34. The molecule has 4 aromatic rings. The van der Waals surface area contributed by atoms with E-state index in [2.05, 4.69) is 28.3 Å². The topological polar surface area (TPSA) is 67.6 Å². The Labute approximate surface area is 217 Å². The number of benzene rings is 1. The zero-order valence-corrected chi connectivity index (χ0v) is 20.8. The summed E-state index contributed by atoms with van der Waals surface area (Å²) in [6.45, 7) is 7.66. The Kier molecular flexibility index (Phi) is 6.56.